The molecular formula is C10H16O2Si. The fraction of sp³-hybridized carbons (Fsp3) is 0.600. The normalized spacial score (nSPS) is 20.7. The molecule has 2 rings (SSSR count). The first-order valence-corrected chi connectivity index (χ1v) is 7.52. The minimum absolute atomic E-state index is 0.931. The molecule has 0 spiro atoms. The van der Waals surface area contributed by atoms with Crippen LogP contribution in [0.15, 0.2) is 22.8 Å². The Balaban J connectivity index is 2.22. The van der Waals surface area contributed by atoms with Gasteiger partial charge >= 0.3 is 0 Å². The molecule has 1 saturated heterocycles. The van der Waals surface area contributed by atoms with Crippen molar-refractivity contribution in [2.24, 2.45) is 0 Å². The summed E-state index contributed by atoms with van der Waals surface area (Å²) < 4.78 is 10.9. The number of rotatable bonds is 3. The number of furan rings is 1. The van der Waals surface area contributed by atoms with Crippen molar-refractivity contribution in [1.82, 2.24) is 0 Å². The maximum atomic E-state index is 5.56. The molecule has 13 heavy (non-hydrogen) atoms. The van der Waals surface area contributed by atoms with Gasteiger partial charge in [-0.2, -0.15) is 0 Å². The molecule has 2 heterocycles. The number of methoxy groups -OCH3 is 1. The minimum Gasteiger partial charge on any atom is -0.474 e. The van der Waals surface area contributed by atoms with Gasteiger partial charge in [0.1, 0.15) is 0 Å². The van der Waals surface area contributed by atoms with Crippen LogP contribution in [0.5, 0.6) is 0 Å². The zero-order valence-electron chi connectivity index (χ0n) is 8.08. The second-order valence-electron chi connectivity index (χ2n) is 3.90. The van der Waals surface area contributed by atoms with E-state index in [1.807, 2.05) is 6.07 Å². The number of hydrogen-bond donors (Lipinski definition) is 0. The first-order valence-electron chi connectivity index (χ1n) is 4.90. The van der Waals surface area contributed by atoms with E-state index in [2.05, 4.69) is 6.07 Å². The van der Waals surface area contributed by atoms with Crippen LogP contribution in [0.4, 0.5) is 0 Å². The fourth-order valence-electron chi connectivity index (χ4n) is 2.37. The van der Waals surface area contributed by atoms with Crippen molar-refractivity contribution in [2.75, 3.05) is 13.3 Å². The predicted molar refractivity (Wildman–Crippen MR) is 54.8 cm³/mol. The first-order chi connectivity index (χ1) is 6.37. The Morgan fingerprint density at radius 2 is 2.23 bits per heavy atom. The Labute approximate surface area is 79.9 Å². The summed E-state index contributed by atoms with van der Waals surface area (Å²) in [5.74, 6) is 0. The van der Waals surface area contributed by atoms with Gasteiger partial charge in [0, 0.05) is 13.3 Å². The molecule has 72 valence electrons. The SMILES string of the molecule is COC[Si]1(c2ccco2)CCCC1. The van der Waals surface area contributed by atoms with Crippen LogP contribution in [0.2, 0.25) is 12.1 Å². The van der Waals surface area contributed by atoms with Gasteiger partial charge in [-0.05, 0) is 24.2 Å². The summed E-state index contributed by atoms with van der Waals surface area (Å²) in [6, 6.07) is 6.82. The molecule has 2 nitrogen and oxygen atoms in total. The van der Waals surface area contributed by atoms with Gasteiger partial charge in [-0.15, -0.1) is 0 Å². The lowest BCUT2D eigenvalue weighted by molar-refractivity contribution is 0.246. The van der Waals surface area contributed by atoms with Gasteiger partial charge in [-0.25, -0.2) is 0 Å². The lowest BCUT2D eigenvalue weighted by atomic mass is 10.4. The lowest BCUT2D eigenvalue weighted by Crippen LogP contribution is -2.48. The maximum Gasteiger partial charge on any atom is 0.160 e. The minimum atomic E-state index is -1.35. The molecule has 0 atom stereocenters. The van der Waals surface area contributed by atoms with Crippen molar-refractivity contribution in [1.29, 1.82) is 0 Å². The van der Waals surface area contributed by atoms with E-state index in [0.717, 1.165) is 6.23 Å². The van der Waals surface area contributed by atoms with Gasteiger partial charge < -0.3 is 9.15 Å². The van der Waals surface area contributed by atoms with Crippen molar-refractivity contribution in [3.8, 4) is 0 Å². The molecule has 0 aliphatic carbocycles. The zero-order chi connectivity index (χ0) is 9.15. The maximum absolute atomic E-state index is 5.56. The monoisotopic (exact) mass is 196 g/mol. The summed E-state index contributed by atoms with van der Waals surface area (Å²) in [5.41, 5.74) is 0. The molecule has 0 N–H and O–H groups in total. The molecule has 0 bridgehead atoms. The molecule has 0 saturated carbocycles. The molecule has 1 aliphatic rings. The van der Waals surface area contributed by atoms with Crippen LogP contribution in [-0.4, -0.2) is 21.4 Å². The van der Waals surface area contributed by atoms with Crippen LogP contribution in [0.25, 0.3) is 0 Å². The molecule has 0 amide bonds. The summed E-state index contributed by atoms with van der Waals surface area (Å²) in [6.07, 6.45) is 5.44. The van der Waals surface area contributed by atoms with Gasteiger partial charge in [0.25, 0.3) is 0 Å². The number of hydrogen-bond acceptors (Lipinski definition) is 2. The molecular weight excluding hydrogens is 180 g/mol. The summed E-state index contributed by atoms with van der Waals surface area (Å²) >= 11 is 0. The molecule has 0 radical (unpaired) electrons. The van der Waals surface area contributed by atoms with Crippen LogP contribution < -0.4 is 5.38 Å². The van der Waals surface area contributed by atoms with E-state index in [1.165, 1.54) is 30.3 Å². The lowest BCUT2D eigenvalue weighted by Gasteiger charge is -2.22. The number of ether oxygens (including phenoxy) is 1. The van der Waals surface area contributed by atoms with Gasteiger partial charge in [-0.1, -0.05) is 12.8 Å². The predicted octanol–water partition coefficient (Wildman–Crippen LogP) is 1.91. The second kappa shape index (κ2) is 3.68. The first kappa shape index (κ1) is 9.03. The smallest absolute Gasteiger partial charge is 0.160 e. The Morgan fingerprint density at radius 1 is 1.46 bits per heavy atom. The molecule has 3 heteroatoms. The van der Waals surface area contributed by atoms with Crippen molar-refractivity contribution < 1.29 is 9.15 Å². The van der Waals surface area contributed by atoms with Gasteiger partial charge in [-0.3, -0.25) is 0 Å². The van der Waals surface area contributed by atoms with Crippen LogP contribution >= 0.6 is 0 Å². The standard InChI is InChI=1S/C10H16O2Si/c1-11-9-13(7-2-3-8-13)10-5-4-6-12-10/h4-6H,2-3,7-9H2,1H3. The summed E-state index contributed by atoms with van der Waals surface area (Å²) in [6.45, 7) is 0. The van der Waals surface area contributed by atoms with Crippen molar-refractivity contribution in [2.45, 2.75) is 24.9 Å². The van der Waals surface area contributed by atoms with Crippen LogP contribution in [0, 0.1) is 0 Å². The summed E-state index contributed by atoms with van der Waals surface area (Å²) in [5, 5.41) is 1.24. The van der Waals surface area contributed by atoms with Gasteiger partial charge in [0.15, 0.2) is 8.07 Å². The van der Waals surface area contributed by atoms with Crippen LogP contribution in [0.3, 0.4) is 0 Å². The average molecular weight is 196 g/mol. The highest BCUT2D eigenvalue weighted by Crippen LogP contribution is 2.29. The van der Waals surface area contributed by atoms with E-state index in [1.54, 1.807) is 13.4 Å². The Bertz CT molecular complexity index is 250. The van der Waals surface area contributed by atoms with E-state index in [-0.39, 0.29) is 0 Å². The highest BCUT2D eigenvalue weighted by molar-refractivity contribution is 6.91. The van der Waals surface area contributed by atoms with E-state index in [4.69, 9.17) is 9.15 Å². The highest BCUT2D eigenvalue weighted by atomic mass is 28.3. The van der Waals surface area contributed by atoms with Gasteiger partial charge in [0.05, 0.1) is 11.6 Å². The average Bonchev–Trinajstić information content (AvgIpc) is 2.73. The zero-order valence-corrected chi connectivity index (χ0v) is 9.08. The fourth-order valence-corrected chi connectivity index (χ4v) is 6.72. The largest absolute Gasteiger partial charge is 0.474 e. The molecule has 1 aliphatic heterocycles. The van der Waals surface area contributed by atoms with E-state index in [9.17, 15) is 0 Å². The summed E-state index contributed by atoms with van der Waals surface area (Å²) in [7, 11) is 0.456. The second-order valence-corrected chi connectivity index (χ2v) is 8.24. The third-order valence-corrected chi connectivity index (χ3v) is 7.82. The molecule has 1 aromatic heterocycles. The molecule has 0 unspecified atom stereocenters. The molecule has 1 aromatic rings. The third-order valence-electron chi connectivity index (χ3n) is 3.03. The van der Waals surface area contributed by atoms with Gasteiger partial charge in [0.2, 0.25) is 0 Å². The van der Waals surface area contributed by atoms with E-state index in [0.29, 0.717) is 0 Å². The van der Waals surface area contributed by atoms with E-state index >= 15 is 0 Å². The summed E-state index contributed by atoms with van der Waals surface area (Å²) in [4.78, 5) is 0. The Hall–Kier alpha value is -0.543. The molecule has 0 aromatic carbocycles. The quantitative estimate of drug-likeness (QED) is 0.689. The molecule has 1 fully saturated rings. The Morgan fingerprint density at radius 3 is 2.77 bits per heavy atom. The highest BCUT2D eigenvalue weighted by Gasteiger charge is 2.41. The topological polar surface area (TPSA) is 22.4 Å². The van der Waals surface area contributed by atoms with Crippen molar-refractivity contribution in [3.05, 3.63) is 18.4 Å². The van der Waals surface area contributed by atoms with Crippen molar-refractivity contribution in [3.63, 3.8) is 0 Å². The van der Waals surface area contributed by atoms with Crippen LogP contribution in [0.1, 0.15) is 12.8 Å². The third kappa shape index (κ3) is 1.58. The van der Waals surface area contributed by atoms with Crippen molar-refractivity contribution >= 4 is 13.5 Å². The Kier molecular flexibility index (Phi) is 2.55. The van der Waals surface area contributed by atoms with Crippen LogP contribution in [-0.2, 0) is 4.74 Å². The van der Waals surface area contributed by atoms with E-state index < -0.39 is 8.07 Å².